The highest BCUT2D eigenvalue weighted by molar-refractivity contribution is 6.46. The van der Waals surface area contributed by atoms with Gasteiger partial charge in [-0.2, -0.15) is 0 Å². The van der Waals surface area contributed by atoms with Gasteiger partial charge in [-0.15, -0.1) is 0 Å². The molecule has 0 aliphatic carbocycles. The van der Waals surface area contributed by atoms with E-state index >= 15 is 0 Å². The third-order valence-electron chi connectivity index (χ3n) is 5.11. The molecule has 1 heterocycles. The number of rotatable bonds is 9. The molecule has 6 heteroatoms. The van der Waals surface area contributed by atoms with Gasteiger partial charge in [0.05, 0.1) is 18.2 Å². The number of ether oxygens (including phenoxy) is 2. The lowest BCUT2D eigenvalue weighted by Gasteiger charge is -2.25. The Morgan fingerprint density at radius 3 is 2.35 bits per heavy atom. The van der Waals surface area contributed by atoms with Gasteiger partial charge in [0.15, 0.2) is 0 Å². The second kappa shape index (κ2) is 10.3. The molecule has 1 aliphatic rings. The van der Waals surface area contributed by atoms with Crippen LogP contribution >= 0.6 is 0 Å². The summed E-state index contributed by atoms with van der Waals surface area (Å²) in [5, 5.41) is 11.1. The van der Waals surface area contributed by atoms with Gasteiger partial charge < -0.3 is 19.5 Å². The number of methoxy groups -OCH3 is 1. The van der Waals surface area contributed by atoms with Gasteiger partial charge in [0.1, 0.15) is 11.5 Å². The number of carbonyl (C=O) groups excluding carboxylic acids is 2. The number of likely N-dealkylation sites (tertiary alicyclic amines) is 1. The number of hydrogen-bond acceptors (Lipinski definition) is 5. The Labute approximate surface area is 183 Å². The number of ketones is 1. The maximum absolute atomic E-state index is 12.9. The molecule has 164 valence electrons. The average Bonchev–Trinajstić information content (AvgIpc) is 3.03. The molecule has 1 unspecified atom stereocenters. The van der Waals surface area contributed by atoms with Crippen LogP contribution in [0.2, 0.25) is 0 Å². The number of aliphatic hydroxyl groups is 1. The molecule has 1 N–H and O–H groups in total. The summed E-state index contributed by atoms with van der Waals surface area (Å²) in [7, 11) is 1.59. The van der Waals surface area contributed by atoms with Crippen LogP contribution in [-0.2, 0) is 14.3 Å². The lowest BCUT2D eigenvalue weighted by atomic mass is 9.95. The normalized spacial score (nSPS) is 18.1. The quantitative estimate of drug-likeness (QED) is 0.283. The molecule has 0 bridgehead atoms. The zero-order chi connectivity index (χ0) is 22.4. The van der Waals surface area contributed by atoms with Crippen LogP contribution in [0.25, 0.3) is 5.76 Å². The number of carbonyl (C=O) groups is 2. The van der Waals surface area contributed by atoms with Crippen LogP contribution in [0.1, 0.15) is 37.4 Å². The molecule has 2 aromatic rings. The van der Waals surface area contributed by atoms with Crippen molar-refractivity contribution in [1.82, 2.24) is 4.90 Å². The zero-order valence-electron chi connectivity index (χ0n) is 18.2. The summed E-state index contributed by atoms with van der Waals surface area (Å²) < 4.78 is 10.8. The highest BCUT2D eigenvalue weighted by Gasteiger charge is 2.45. The molecule has 3 rings (SSSR count). The van der Waals surface area contributed by atoms with E-state index < -0.39 is 17.7 Å². The third kappa shape index (κ3) is 5.14. The van der Waals surface area contributed by atoms with Crippen molar-refractivity contribution in [3.8, 4) is 5.75 Å². The van der Waals surface area contributed by atoms with E-state index in [4.69, 9.17) is 9.47 Å². The first-order chi connectivity index (χ1) is 14.9. The van der Waals surface area contributed by atoms with Gasteiger partial charge in [-0.05, 0) is 42.2 Å². The molecular formula is C25H29NO5. The maximum atomic E-state index is 12.9. The minimum absolute atomic E-state index is 0.101. The number of Topliss-reactive ketones (excluding diaryl/α,β-unsaturated/α-hetero) is 1. The van der Waals surface area contributed by atoms with Gasteiger partial charge in [-0.1, -0.05) is 44.2 Å². The van der Waals surface area contributed by atoms with Crippen molar-refractivity contribution in [3.05, 3.63) is 71.3 Å². The molecule has 0 saturated carbocycles. The largest absolute Gasteiger partial charge is 0.507 e. The van der Waals surface area contributed by atoms with Crippen molar-refractivity contribution in [2.75, 3.05) is 26.9 Å². The van der Waals surface area contributed by atoms with Gasteiger partial charge in [-0.3, -0.25) is 9.59 Å². The topological polar surface area (TPSA) is 76.1 Å². The summed E-state index contributed by atoms with van der Waals surface area (Å²) in [6, 6.07) is 15.6. The first kappa shape index (κ1) is 22.6. The molecule has 0 radical (unpaired) electrons. The Balaban J connectivity index is 1.98. The Morgan fingerprint density at radius 1 is 1.06 bits per heavy atom. The molecule has 0 spiro atoms. The number of benzene rings is 2. The Morgan fingerprint density at radius 2 is 1.74 bits per heavy atom. The Bertz CT molecular complexity index is 934. The SMILES string of the molecule is COCCCN1C(=O)C(=O)/C(=C(/O)c2ccc(OCC(C)C)cc2)C1c1ccccc1. The summed E-state index contributed by atoms with van der Waals surface area (Å²) in [6.45, 7) is 5.55. The zero-order valence-corrected chi connectivity index (χ0v) is 18.2. The first-order valence-corrected chi connectivity index (χ1v) is 10.5. The molecule has 1 aliphatic heterocycles. The van der Waals surface area contributed by atoms with E-state index in [9.17, 15) is 14.7 Å². The molecular weight excluding hydrogens is 394 g/mol. The highest BCUT2D eigenvalue weighted by atomic mass is 16.5. The minimum atomic E-state index is -0.677. The van der Waals surface area contributed by atoms with Gasteiger partial charge in [0.25, 0.3) is 11.7 Å². The van der Waals surface area contributed by atoms with Crippen LogP contribution in [0.3, 0.4) is 0 Å². The van der Waals surface area contributed by atoms with E-state index in [2.05, 4.69) is 13.8 Å². The van der Waals surface area contributed by atoms with Crippen LogP contribution < -0.4 is 4.74 Å². The first-order valence-electron chi connectivity index (χ1n) is 10.5. The molecule has 31 heavy (non-hydrogen) atoms. The summed E-state index contributed by atoms with van der Waals surface area (Å²) in [4.78, 5) is 27.2. The van der Waals surface area contributed by atoms with Crippen LogP contribution in [0.15, 0.2) is 60.2 Å². The van der Waals surface area contributed by atoms with Crippen LogP contribution in [0.4, 0.5) is 0 Å². The Hall–Kier alpha value is -3.12. The van der Waals surface area contributed by atoms with Gasteiger partial charge in [0.2, 0.25) is 0 Å². The molecule has 2 aromatic carbocycles. The number of nitrogens with zero attached hydrogens (tertiary/aromatic N) is 1. The van der Waals surface area contributed by atoms with Gasteiger partial charge >= 0.3 is 0 Å². The molecule has 1 saturated heterocycles. The van der Waals surface area contributed by atoms with Crippen molar-refractivity contribution < 1.29 is 24.2 Å². The summed E-state index contributed by atoms with van der Waals surface area (Å²) in [5.74, 6) is -0.387. The van der Waals surface area contributed by atoms with Gasteiger partial charge in [-0.25, -0.2) is 0 Å². The van der Waals surface area contributed by atoms with Gasteiger partial charge in [0, 0.05) is 25.8 Å². The molecule has 1 amide bonds. The van der Waals surface area contributed by atoms with Crippen LogP contribution in [0, 0.1) is 5.92 Å². The van der Waals surface area contributed by atoms with E-state index in [0.29, 0.717) is 43.4 Å². The predicted molar refractivity (Wildman–Crippen MR) is 119 cm³/mol. The van der Waals surface area contributed by atoms with Crippen molar-refractivity contribution in [1.29, 1.82) is 0 Å². The van der Waals surface area contributed by atoms with E-state index in [0.717, 1.165) is 5.56 Å². The van der Waals surface area contributed by atoms with Crippen molar-refractivity contribution in [3.63, 3.8) is 0 Å². The maximum Gasteiger partial charge on any atom is 0.295 e. The molecule has 6 nitrogen and oxygen atoms in total. The van der Waals surface area contributed by atoms with Crippen LogP contribution in [0.5, 0.6) is 5.75 Å². The van der Waals surface area contributed by atoms with Crippen LogP contribution in [-0.4, -0.2) is 48.6 Å². The van der Waals surface area contributed by atoms with Crippen molar-refractivity contribution in [2.45, 2.75) is 26.3 Å². The minimum Gasteiger partial charge on any atom is -0.507 e. The molecule has 1 atom stereocenters. The fraction of sp³-hybridized carbons (Fsp3) is 0.360. The number of amides is 1. The highest BCUT2D eigenvalue weighted by Crippen LogP contribution is 2.39. The lowest BCUT2D eigenvalue weighted by molar-refractivity contribution is -0.140. The monoisotopic (exact) mass is 423 g/mol. The predicted octanol–water partition coefficient (Wildman–Crippen LogP) is 4.18. The molecule has 1 fully saturated rings. The fourth-order valence-corrected chi connectivity index (χ4v) is 3.60. The summed E-state index contributed by atoms with van der Waals surface area (Å²) in [6.07, 6.45) is 0.592. The van der Waals surface area contributed by atoms with E-state index in [-0.39, 0.29) is 11.3 Å². The number of aliphatic hydroxyl groups excluding tert-OH is 1. The summed E-state index contributed by atoms with van der Waals surface area (Å²) in [5.41, 5.74) is 1.34. The number of hydrogen-bond donors (Lipinski definition) is 1. The average molecular weight is 424 g/mol. The second-order valence-electron chi connectivity index (χ2n) is 7.98. The smallest absolute Gasteiger partial charge is 0.295 e. The second-order valence-corrected chi connectivity index (χ2v) is 7.98. The third-order valence-corrected chi connectivity index (χ3v) is 5.11. The lowest BCUT2D eigenvalue weighted by Crippen LogP contribution is -2.31. The standard InChI is InChI=1S/C25H29NO5/c1-17(2)16-31-20-12-10-19(11-13-20)23(27)21-22(18-8-5-4-6-9-18)26(14-7-15-30-3)25(29)24(21)28/h4-6,8-13,17,22,27H,7,14-16H2,1-3H3/b23-21+. The van der Waals surface area contributed by atoms with E-state index in [1.54, 1.807) is 31.4 Å². The van der Waals surface area contributed by atoms with Crippen molar-refractivity contribution in [2.24, 2.45) is 5.92 Å². The van der Waals surface area contributed by atoms with Crippen molar-refractivity contribution >= 4 is 17.4 Å². The summed E-state index contributed by atoms with van der Waals surface area (Å²) >= 11 is 0. The van der Waals surface area contributed by atoms with E-state index in [1.165, 1.54) is 4.90 Å². The van der Waals surface area contributed by atoms with E-state index in [1.807, 2.05) is 30.3 Å². The fourth-order valence-electron chi connectivity index (χ4n) is 3.60. The Kier molecular flexibility index (Phi) is 7.47. The molecule has 0 aromatic heterocycles.